The van der Waals surface area contributed by atoms with E-state index < -0.39 is 11.4 Å². The van der Waals surface area contributed by atoms with E-state index in [9.17, 15) is 15.2 Å². The van der Waals surface area contributed by atoms with Crippen molar-refractivity contribution in [1.29, 1.82) is 5.26 Å². The average Bonchev–Trinajstić information content (AvgIpc) is 2.61. The van der Waals surface area contributed by atoms with Crippen molar-refractivity contribution in [2.45, 2.75) is 45.1 Å². The van der Waals surface area contributed by atoms with Crippen LogP contribution in [0.15, 0.2) is 12.1 Å². The van der Waals surface area contributed by atoms with Gasteiger partial charge in [0.2, 0.25) is 0 Å². The highest BCUT2D eigenvalue weighted by Gasteiger charge is 2.52. The van der Waals surface area contributed by atoms with Crippen molar-refractivity contribution in [3.63, 3.8) is 0 Å². The first kappa shape index (κ1) is 17.7. The molecule has 0 radical (unpaired) electrons. The first-order valence-corrected chi connectivity index (χ1v) is 8.98. The molecule has 0 aromatic carbocycles. The highest BCUT2D eigenvalue weighted by Crippen LogP contribution is 2.43. The van der Waals surface area contributed by atoms with Gasteiger partial charge < -0.3 is 14.9 Å². The van der Waals surface area contributed by atoms with Crippen molar-refractivity contribution in [3.8, 4) is 6.07 Å². The smallest absolute Gasteiger partial charge is 0.311 e. The summed E-state index contributed by atoms with van der Waals surface area (Å²) in [6.45, 7) is 6.31. The van der Waals surface area contributed by atoms with Crippen LogP contribution in [-0.2, 0) is 4.79 Å². The Bertz CT molecular complexity index is 712. The summed E-state index contributed by atoms with van der Waals surface area (Å²) in [6, 6.07) is 5.93. The summed E-state index contributed by atoms with van der Waals surface area (Å²) < 4.78 is 0. The van der Waals surface area contributed by atoms with E-state index in [1.54, 1.807) is 0 Å². The van der Waals surface area contributed by atoms with E-state index in [-0.39, 0.29) is 12.0 Å². The minimum Gasteiger partial charge on any atom is -0.481 e. The van der Waals surface area contributed by atoms with E-state index in [1.165, 1.54) is 0 Å². The molecule has 1 aromatic rings. The lowest BCUT2D eigenvalue weighted by Crippen LogP contribution is -2.63. The van der Waals surface area contributed by atoms with Crippen molar-refractivity contribution >= 4 is 11.8 Å². The molecule has 6 heteroatoms. The standard InChI is InChI=1S/C19H26N4O2/c1-13(2)15-6-5-14(11-20)17(21-15)23-10-8-19(18(24)25)7-4-9-22(3)16(19)12-23/h5-6,13,16H,4,7-10,12H2,1-3H3,(H,24,25)/t16-,19+/m1/s1. The second-order valence-corrected chi connectivity index (χ2v) is 7.63. The molecule has 0 bridgehead atoms. The van der Waals surface area contributed by atoms with Crippen LogP contribution in [0.3, 0.4) is 0 Å². The minimum atomic E-state index is -0.687. The Morgan fingerprint density at radius 3 is 2.80 bits per heavy atom. The highest BCUT2D eigenvalue weighted by molar-refractivity contribution is 5.76. The molecule has 3 heterocycles. The zero-order chi connectivity index (χ0) is 18.2. The molecule has 6 nitrogen and oxygen atoms in total. The highest BCUT2D eigenvalue weighted by atomic mass is 16.4. The number of fused-ring (bicyclic) bond motifs is 1. The van der Waals surface area contributed by atoms with Gasteiger partial charge in [-0.3, -0.25) is 4.79 Å². The fraction of sp³-hybridized carbons (Fsp3) is 0.632. The summed E-state index contributed by atoms with van der Waals surface area (Å²) >= 11 is 0. The fourth-order valence-corrected chi connectivity index (χ4v) is 4.29. The first-order valence-electron chi connectivity index (χ1n) is 8.98. The van der Waals surface area contributed by atoms with Gasteiger partial charge in [0.15, 0.2) is 0 Å². The molecule has 0 unspecified atom stereocenters. The summed E-state index contributed by atoms with van der Waals surface area (Å²) in [5.74, 6) is 0.298. The number of rotatable bonds is 3. The van der Waals surface area contributed by atoms with E-state index in [4.69, 9.17) is 4.98 Å². The monoisotopic (exact) mass is 342 g/mol. The maximum Gasteiger partial charge on any atom is 0.311 e. The topological polar surface area (TPSA) is 80.5 Å². The van der Waals surface area contributed by atoms with Gasteiger partial charge in [-0.2, -0.15) is 5.26 Å². The molecular weight excluding hydrogens is 316 g/mol. The fourth-order valence-electron chi connectivity index (χ4n) is 4.29. The minimum absolute atomic E-state index is 0.0523. The van der Waals surface area contributed by atoms with Crippen LogP contribution in [0.4, 0.5) is 5.82 Å². The second kappa shape index (κ2) is 6.64. The lowest BCUT2D eigenvalue weighted by atomic mass is 9.68. The molecule has 0 amide bonds. The van der Waals surface area contributed by atoms with Gasteiger partial charge in [0.05, 0.1) is 11.0 Å². The molecule has 1 N–H and O–H groups in total. The van der Waals surface area contributed by atoms with E-state index in [0.717, 1.165) is 25.1 Å². The van der Waals surface area contributed by atoms with Gasteiger partial charge in [-0.25, -0.2) is 4.98 Å². The molecule has 25 heavy (non-hydrogen) atoms. The molecule has 0 spiro atoms. The Hall–Kier alpha value is -2.13. The molecule has 2 fully saturated rings. The predicted octanol–water partition coefficient (Wildman–Crippen LogP) is 2.45. The molecular formula is C19H26N4O2. The number of aliphatic carboxylic acids is 1. The van der Waals surface area contributed by atoms with Crippen LogP contribution in [-0.4, -0.2) is 53.7 Å². The Kier molecular flexibility index (Phi) is 4.70. The van der Waals surface area contributed by atoms with Crippen molar-refractivity contribution < 1.29 is 9.90 Å². The number of anilines is 1. The Morgan fingerprint density at radius 1 is 1.40 bits per heavy atom. The molecule has 2 saturated heterocycles. The number of carbonyl (C=O) groups is 1. The van der Waals surface area contributed by atoms with Crippen molar-refractivity contribution in [2.75, 3.05) is 31.6 Å². The predicted molar refractivity (Wildman–Crippen MR) is 95.6 cm³/mol. The number of nitriles is 1. The van der Waals surface area contributed by atoms with Gasteiger partial charge in [0.1, 0.15) is 11.9 Å². The van der Waals surface area contributed by atoms with Crippen LogP contribution < -0.4 is 4.90 Å². The summed E-state index contributed by atoms with van der Waals surface area (Å²) in [5.41, 5.74) is 0.846. The van der Waals surface area contributed by atoms with Gasteiger partial charge in [-0.05, 0) is 50.9 Å². The number of piperidine rings is 2. The van der Waals surface area contributed by atoms with Gasteiger partial charge in [0.25, 0.3) is 0 Å². The zero-order valence-corrected chi connectivity index (χ0v) is 15.2. The number of hydrogen-bond acceptors (Lipinski definition) is 5. The van der Waals surface area contributed by atoms with Crippen LogP contribution in [0.5, 0.6) is 0 Å². The number of pyridine rings is 1. The third kappa shape index (κ3) is 2.98. The van der Waals surface area contributed by atoms with Crippen LogP contribution in [0.25, 0.3) is 0 Å². The molecule has 0 aliphatic carbocycles. The molecule has 3 rings (SSSR count). The molecule has 134 valence electrons. The molecule has 2 aliphatic rings. The molecule has 2 aliphatic heterocycles. The summed E-state index contributed by atoms with van der Waals surface area (Å²) in [7, 11) is 2.01. The van der Waals surface area contributed by atoms with Crippen LogP contribution in [0.2, 0.25) is 0 Å². The lowest BCUT2D eigenvalue weighted by Gasteiger charge is -2.52. The van der Waals surface area contributed by atoms with Gasteiger partial charge >= 0.3 is 5.97 Å². The Balaban J connectivity index is 1.95. The third-order valence-electron chi connectivity index (χ3n) is 5.86. The molecule has 0 saturated carbocycles. The first-order chi connectivity index (χ1) is 11.9. The maximum atomic E-state index is 12.1. The zero-order valence-electron chi connectivity index (χ0n) is 15.2. The number of carboxylic acid groups (broad SMARTS) is 1. The second-order valence-electron chi connectivity index (χ2n) is 7.63. The summed E-state index contributed by atoms with van der Waals surface area (Å²) in [5, 5.41) is 19.4. The normalized spacial score (nSPS) is 27.0. The number of likely N-dealkylation sites (tertiary alicyclic amines) is 1. The molecule has 2 atom stereocenters. The van der Waals surface area contributed by atoms with Crippen LogP contribution in [0.1, 0.15) is 50.3 Å². The van der Waals surface area contributed by atoms with E-state index in [2.05, 4.69) is 29.7 Å². The van der Waals surface area contributed by atoms with Crippen LogP contribution in [0, 0.1) is 16.7 Å². The van der Waals surface area contributed by atoms with Crippen LogP contribution >= 0.6 is 0 Å². The number of nitrogens with zero attached hydrogens (tertiary/aromatic N) is 4. The Morgan fingerprint density at radius 2 is 2.16 bits per heavy atom. The largest absolute Gasteiger partial charge is 0.481 e. The summed E-state index contributed by atoms with van der Waals surface area (Å²) in [4.78, 5) is 21.1. The lowest BCUT2D eigenvalue weighted by molar-refractivity contribution is -0.158. The van der Waals surface area contributed by atoms with Crippen molar-refractivity contribution in [1.82, 2.24) is 9.88 Å². The van der Waals surface area contributed by atoms with E-state index >= 15 is 0 Å². The van der Waals surface area contributed by atoms with E-state index in [0.29, 0.717) is 30.9 Å². The Labute approximate surface area is 149 Å². The van der Waals surface area contributed by atoms with Gasteiger partial charge in [-0.1, -0.05) is 13.8 Å². The van der Waals surface area contributed by atoms with Crippen molar-refractivity contribution in [2.24, 2.45) is 5.41 Å². The number of aromatic nitrogens is 1. The number of carboxylic acids is 1. The van der Waals surface area contributed by atoms with E-state index in [1.807, 2.05) is 19.2 Å². The number of hydrogen-bond donors (Lipinski definition) is 1. The van der Waals surface area contributed by atoms with Crippen molar-refractivity contribution in [3.05, 3.63) is 23.4 Å². The SMILES string of the molecule is CC(C)c1ccc(C#N)c(N2CC[C@@]3(C(=O)O)CCCN(C)[C@@H]3C2)n1. The van der Waals surface area contributed by atoms with Gasteiger partial charge in [-0.15, -0.1) is 0 Å². The maximum absolute atomic E-state index is 12.1. The average molecular weight is 342 g/mol. The third-order valence-corrected chi connectivity index (χ3v) is 5.86. The van der Waals surface area contributed by atoms with Gasteiger partial charge in [0, 0.05) is 24.8 Å². The summed E-state index contributed by atoms with van der Waals surface area (Å²) in [6.07, 6.45) is 2.25. The molecule has 1 aromatic heterocycles. The number of likely N-dealkylation sites (N-methyl/N-ethyl adjacent to an activating group) is 1. The quantitative estimate of drug-likeness (QED) is 0.909.